The minimum Gasteiger partial charge on any atom is -0.444 e. The van der Waals surface area contributed by atoms with Crippen LogP contribution in [-0.2, 0) is 46.2 Å². The molecule has 2 aromatic carbocycles. The van der Waals surface area contributed by atoms with Gasteiger partial charge in [-0.25, -0.2) is 34.3 Å². The van der Waals surface area contributed by atoms with Gasteiger partial charge in [0.15, 0.2) is 0 Å². The molecule has 2 atom stereocenters. The molecule has 8 heterocycles. The highest BCUT2D eigenvalue weighted by Crippen LogP contribution is 2.33. The van der Waals surface area contributed by atoms with Crippen molar-refractivity contribution in [3.8, 4) is 22.5 Å². The molecule has 6 aromatic rings. The molecule has 4 aliphatic heterocycles. The molecule has 26 heteroatoms. The molecule has 444 valence electrons. The van der Waals surface area contributed by atoms with Crippen molar-refractivity contribution in [2.45, 2.75) is 123 Å². The fourth-order valence-corrected chi connectivity index (χ4v) is 9.65. The van der Waals surface area contributed by atoms with Crippen molar-refractivity contribution in [1.29, 1.82) is 0 Å². The van der Waals surface area contributed by atoms with Gasteiger partial charge < -0.3 is 55.5 Å². The number of aromatic nitrogens is 8. The van der Waals surface area contributed by atoms with Gasteiger partial charge in [-0.2, -0.15) is 23.4 Å². The minimum absolute atomic E-state index is 0.0301. The van der Waals surface area contributed by atoms with Crippen molar-refractivity contribution in [1.82, 2.24) is 70.1 Å². The zero-order valence-electron chi connectivity index (χ0n) is 48.1. The van der Waals surface area contributed by atoms with Gasteiger partial charge in [0, 0.05) is 69.6 Å². The number of fused-ring (bicyclic) bond motifs is 2. The molecule has 2 fully saturated rings. The number of alkyl halides is 3. The van der Waals surface area contributed by atoms with Crippen LogP contribution in [0.3, 0.4) is 0 Å². The van der Waals surface area contributed by atoms with Crippen LogP contribution in [0.5, 0.6) is 0 Å². The summed E-state index contributed by atoms with van der Waals surface area (Å²) in [6, 6.07) is 15.6. The van der Waals surface area contributed by atoms with E-state index in [1.165, 1.54) is 0 Å². The molecule has 0 aliphatic carbocycles. The minimum atomic E-state index is -4.64. The number of carbonyl (C=O) groups excluding carboxylic acids is 4. The summed E-state index contributed by atoms with van der Waals surface area (Å²) in [5.74, 6) is 0.966. The molecule has 23 nitrogen and oxygen atoms in total. The standard InChI is InChI=1S/C30H40N8O4.C25H32N8O2.C2HF3O/c1-19(2)41-23-17-38(18-23)28(39)35-26-10-12-37(29(40)42-30(3,4)5)15-21-13-20(7-8-24(21)26)25-9-11-31-27(34-25)33-22-14-32-36(6)16-22;1-16(2)35-20-14-33(15-20)25(34)31-23-6-8-26-11-18-10-17(4-5-21(18)23)22-7-9-27-24(30-22)29-19-12-28-32(3)13-19;3-2(4,5)1-6/h7-9,11,13-14,16,19,23,26H,10,12,15,17-18H2,1-6H3,(H,35,39)(H,31,33,34);4-5,7,9-10,12-13,16,20,23,26H,6,8,11,14-15H2,1-3H3,(H,31,34)(H,27,29,30);1H. The highest BCUT2D eigenvalue weighted by atomic mass is 19.4. The fourth-order valence-electron chi connectivity index (χ4n) is 9.65. The Bertz CT molecular complexity index is 3190. The second kappa shape index (κ2) is 26.8. The Balaban J connectivity index is 0.000000200. The third-order valence-electron chi connectivity index (χ3n) is 13.4. The number of amides is 5. The number of nitrogens with zero attached hydrogens (tertiary/aromatic N) is 11. The fraction of sp³-hybridized carbons (Fsp3) is 0.474. The van der Waals surface area contributed by atoms with Gasteiger partial charge in [0.2, 0.25) is 18.2 Å². The molecule has 4 aromatic heterocycles. The number of aryl methyl sites for hydroxylation is 2. The zero-order chi connectivity index (χ0) is 59.6. The second-order valence-electron chi connectivity index (χ2n) is 22.2. The first kappa shape index (κ1) is 60.9. The first-order valence-electron chi connectivity index (χ1n) is 27.5. The first-order chi connectivity index (χ1) is 39.4. The van der Waals surface area contributed by atoms with Gasteiger partial charge in [-0.15, -0.1) is 0 Å². The number of ether oxygens (including phenoxy) is 3. The number of aldehydes is 1. The highest BCUT2D eigenvalue weighted by molar-refractivity contribution is 5.77. The highest BCUT2D eigenvalue weighted by Gasteiger charge is 2.36. The normalized spacial score (nSPS) is 17.2. The molecule has 83 heavy (non-hydrogen) atoms. The molecule has 5 N–H and O–H groups in total. The monoisotopic (exact) mass is 1150 g/mol. The summed E-state index contributed by atoms with van der Waals surface area (Å²) < 4.78 is 52.0. The van der Waals surface area contributed by atoms with Crippen molar-refractivity contribution in [2.75, 3.05) is 49.9 Å². The van der Waals surface area contributed by atoms with Gasteiger partial charge in [0.05, 0.1) is 97.8 Å². The van der Waals surface area contributed by atoms with Gasteiger partial charge in [-0.3, -0.25) is 14.2 Å². The van der Waals surface area contributed by atoms with E-state index in [2.05, 4.69) is 69.9 Å². The number of hydrogen-bond donors (Lipinski definition) is 5. The van der Waals surface area contributed by atoms with Crippen LogP contribution in [0.25, 0.3) is 22.5 Å². The lowest BCUT2D eigenvalue weighted by atomic mass is 9.96. The molecule has 2 saturated heterocycles. The maximum absolute atomic E-state index is 13.2. The summed E-state index contributed by atoms with van der Waals surface area (Å²) in [7, 11) is 3.71. The van der Waals surface area contributed by atoms with Crippen LogP contribution in [0.15, 0.2) is 85.7 Å². The van der Waals surface area contributed by atoms with E-state index < -0.39 is 18.1 Å². The Labute approximate surface area is 480 Å². The number of urea groups is 2. The lowest BCUT2D eigenvalue weighted by molar-refractivity contribution is -0.156. The van der Waals surface area contributed by atoms with E-state index in [1.54, 1.807) is 44.0 Å². The van der Waals surface area contributed by atoms with Crippen LogP contribution in [0.2, 0.25) is 0 Å². The van der Waals surface area contributed by atoms with Gasteiger partial charge in [-0.1, -0.05) is 24.3 Å². The van der Waals surface area contributed by atoms with Gasteiger partial charge >= 0.3 is 24.3 Å². The Morgan fingerprint density at radius 2 is 1.16 bits per heavy atom. The molecule has 10 rings (SSSR count). The van der Waals surface area contributed by atoms with Gasteiger partial charge in [0.1, 0.15) is 5.60 Å². The van der Waals surface area contributed by atoms with Crippen LogP contribution < -0.4 is 26.6 Å². The smallest absolute Gasteiger partial charge is 0.444 e. The third kappa shape index (κ3) is 17.4. The summed E-state index contributed by atoms with van der Waals surface area (Å²) in [5.41, 5.74) is 8.63. The number of nitrogens with one attached hydrogen (secondary N) is 5. The number of halogens is 3. The number of rotatable bonds is 12. The average molecular weight is 1150 g/mol. The molecular formula is C57H73F3N16O7. The van der Waals surface area contributed by atoms with Gasteiger partial charge in [0.25, 0.3) is 0 Å². The van der Waals surface area contributed by atoms with Crippen molar-refractivity contribution < 1.29 is 46.6 Å². The van der Waals surface area contributed by atoms with E-state index in [-0.39, 0.29) is 54.7 Å². The average Bonchev–Trinajstić information content (AvgIpc) is 4.13. The molecule has 4 aliphatic rings. The van der Waals surface area contributed by atoms with Crippen LogP contribution in [0, 0.1) is 0 Å². The maximum Gasteiger partial charge on any atom is 0.446 e. The Morgan fingerprint density at radius 3 is 1.60 bits per heavy atom. The first-order valence-corrected chi connectivity index (χ1v) is 27.5. The predicted molar refractivity (Wildman–Crippen MR) is 303 cm³/mol. The number of likely N-dealkylation sites (tertiary alicyclic amines) is 2. The SMILES string of the molecule is CC(C)OC1CN(C(=O)NC2CCN(C(=O)OC(C)(C)C)Cc3cc(-c4ccnc(Nc5cnn(C)c5)n4)ccc32)C1.CC(C)OC1CN(C(=O)NC2CCNCc3cc(-c4ccnc(Nc5cnn(C)c5)n4)ccc32)C1.O=CC(F)(F)F. The third-order valence-corrected chi connectivity index (χ3v) is 13.4. The number of anilines is 4. The molecule has 2 unspecified atom stereocenters. The number of hydrogen-bond acceptors (Lipinski definition) is 16. The Morgan fingerprint density at radius 1 is 0.687 bits per heavy atom. The molecule has 0 radical (unpaired) electrons. The van der Waals surface area contributed by atoms with E-state index in [1.807, 2.05) is 110 Å². The summed E-state index contributed by atoms with van der Waals surface area (Å²) in [6.45, 7) is 18.4. The zero-order valence-corrected chi connectivity index (χ0v) is 48.1. The van der Waals surface area contributed by atoms with Crippen molar-refractivity contribution >= 4 is 47.7 Å². The van der Waals surface area contributed by atoms with E-state index in [0.29, 0.717) is 57.6 Å². The van der Waals surface area contributed by atoms with Crippen LogP contribution in [0.4, 0.5) is 50.8 Å². The van der Waals surface area contributed by atoms with E-state index in [0.717, 1.165) is 75.7 Å². The lowest BCUT2D eigenvalue weighted by Crippen LogP contribution is -2.58. The number of benzene rings is 2. The maximum atomic E-state index is 13.2. The Kier molecular flexibility index (Phi) is 19.6. The van der Waals surface area contributed by atoms with E-state index in [9.17, 15) is 27.6 Å². The summed E-state index contributed by atoms with van der Waals surface area (Å²) in [4.78, 5) is 71.2. The quantitative estimate of drug-likeness (QED) is 0.0722. The summed E-state index contributed by atoms with van der Waals surface area (Å²) >= 11 is 0. The summed E-state index contributed by atoms with van der Waals surface area (Å²) in [5, 5.41) is 24.6. The summed E-state index contributed by atoms with van der Waals surface area (Å²) in [6.07, 6.45) is 6.41. The van der Waals surface area contributed by atoms with Crippen LogP contribution in [-0.4, -0.2) is 154 Å². The topological polar surface area (TPSA) is 253 Å². The number of carbonyl (C=O) groups is 4. The largest absolute Gasteiger partial charge is 0.446 e. The van der Waals surface area contributed by atoms with E-state index in [4.69, 9.17) is 24.0 Å². The molecule has 0 saturated carbocycles. The van der Waals surface area contributed by atoms with Crippen molar-refractivity contribution in [3.05, 3.63) is 108 Å². The van der Waals surface area contributed by atoms with Crippen molar-refractivity contribution in [2.24, 2.45) is 14.1 Å². The van der Waals surface area contributed by atoms with E-state index >= 15 is 0 Å². The molecule has 0 spiro atoms. The molecule has 5 amide bonds. The second-order valence-corrected chi connectivity index (χ2v) is 22.2. The predicted octanol–water partition coefficient (Wildman–Crippen LogP) is 8.34. The van der Waals surface area contributed by atoms with Crippen LogP contribution >= 0.6 is 0 Å². The van der Waals surface area contributed by atoms with Crippen molar-refractivity contribution in [3.63, 3.8) is 0 Å². The van der Waals surface area contributed by atoms with Gasteiger partial charge in [-0.05, 0) is 114 Å². The lowest BCUT2D eigenvalue weighted by Gasteiger charge is -2.40. The van der Waals surface area contributed by atoms with Crippen LogP contribution in [0.1, 0.15) is 95.6 Å². The molecule has 0 bridgehead atoms. The molecular weight excluding hydrogens is 1080 g/mol. The Hall–Kier alpha value is -8.23.